The highest BCUT2D eigenvalue weighted by Gasteiger charge is 2.38. The van der Waals surface area contributed by atoms with Crippen LogP contribution in [0.1, 0.15) is 39.4 Å². The highest BCUT2D eigenvalue weighted by Crippen LogP contribution is 2.33. The van der Waals surface area contributed by atoms with Crippen LogP contribution in [-0.2, 0) is 17.5 Å². The first kappa shape index (κ1) is 19.5. The number of rotatable bonds is 2. The molecule has 0 spiro atoms. The Morgan fingerprint density at radius 2 is 1.81 bits per heavy atom. The van der Waals surface area contributed by atoms with Crippen LogP contribution in [-0.4, -0.2) is 39.2 Å². The summed E-state index contributed by atoms with van der Waals surface area (Å²) in [6.45, 7) is 6.61. The van der Waals surface area contributed by atoms with Crippen LogP contribution in [0.4, 0.5) is 18.0 Å². The van der Waals surface area contributed by atoms with Crippen LogP contribution in [0.25, 0.3) is 11.0 Å². The van der Waals surface area contributed by atoms with Crippen molar-refractivity contribution in [3.8, 4) is 0 Å². The number of amides is 1. The summed E-state index contributed by atoms with van der Waals surface area (Å²) in [7, 11) is 0. The summed E-state index contributed by atoms with van der Waals surface area (Å²) < 4.78 is 46.9. The van der Waals surface area contributed by atoms with Gasteiger partial charge in [-0.3, -0.25) is 0 Å². The Kier molecular flexibility index (Phi) is 5.10. The smallest absolute Gasteiger partial charge is 0.444 e. The molecule has 1 amide bonds. The Balaban J connectivity index is 1.72. The molecule has 0 unspecified atom stereocenters. The summed E-state index contributed by atoms with van der Waals surface area (Å²) >= 11 is 0. The number of carbonyl (C=O) groups excluding carboxylic acids is 1. The largest absolute Gasteiger partial charge is 0.449 e. The third-order valence-electron chi connectivity index (χ3n) is 4.62. The standard InChI is InChI=1S/C19H24F3N3O2/c1-18(2,3)27-17(26)24-10-8-13(9-11-24)12-25-15-7-5-4-6-14(15)23-16(25)19(20,21)22/h4-7,13H,8-12H2,1-3H3. The Labute approximate surface area is 156 Å². The summed E-state index contributed by atoms with van der Waals surface area (Å²) in [5, 5.41) is 0. The first-order valence-corrected chi connectivity index (χ1v) is 9.05. The van der Waals surface area contributed by atoms with Gasteiger partial charge in [-0.1, -0.05) is 12.1 Å². The molecule has 0 radical (unpaired) electrons. The molecule has 1 aromatic carbocycles. The van der Waals surface area contributed by atoms with Crippen molar-refractivity contribution in [2.24, 2.45) is 5.92 Å². The molecule has 0 aliphatic carbocycles. The molecule has 1 aliphatic heterocycles. The van der Waals surface area contributed by atoms with E-state index in [0.717, 1.165) is 0 Å². The van der Waals surface area contributed by atoms with E-state index in [1.165, 1.54) is 4.57 Å². The fourth-order valence-electron chi connectivity index (χ4n) is 3.36. The van der Waals surface area contributed by atoms with E-state index in [1.54, 1.807) is 49.9 Å². The molecule has 0 bridgehead atoms. The van der Waals surface area contributed by atoms with Gasteiger partial charge in [-0.15, -0.1) is 0 Å². The molecule has 8 heteroatoms. The fourth-order valence-corrected chi connectivity index (χ4v) is 3.36. The van der Waals surface area contributed by atoms with Crippen LogP contribution in [0.2, 0.25) is 0 Å². The van der Waals surface area contributed by atoms with Crippen molar-refractivity contribution < 1.29 is 22.7 Å². The molecule has 0 N–H and O–H groups in total. The van der Waals surface area contributed by atoms with Crippen molar-refractivity contribution in [3.63, 3.8) is 0 Å². The number of nitrogens with zero attached hydrogens (tertiary/aromatic N) is 3. The zero-order valence-electron chi connectivity index (χ0n) is 15.7. The van der Waals surface area contributed by atoms with Crippen LogP contribution in [0.15, 0.2) is 24.3 Å². The number of piperidine rings is 1. The van der Waals surface area contributed by atoms with E-state index >= 15 is 0 Å². The Morgan fingerprint density at radius 1 is 1.19 bits per heavy atom. The van der Waals surface area contributed by atoms with E-state index in [9.17, 15) is 18.0 Å². The van der Waals surface area contributed by atoms with Crippen molar-refractivity contribution in [1.29, 1.82) is 0 Å². The number of carbonyl (C=O) groups is 1. The molecule has 1 aromatic heterocycles. The Morgan fingerprint density at radius 3 is 2.41 bits per heavy atom. The molecule has 1 fully saturated rings. The lowest BCUT2D eigenvalue weighted by Crippen LogP contribution is -2.42. The lowest BCUT2D eigenvalue weighted by molar-refractivity contribution is -0.147. The highest BCUT2D eigenvalue weighted by atomic mass is 19.4. The van der Waals surface area contributed by atoms with Crippen LogP contribution >= 0.6 is 0 Å². The van der Waals surface area contributed by atoms with E-state index in [4.69, 9.17) is 4.74 Å². The third kappa shape index (κ3) is 4.54. The number of fused-ring (bicyclic) bond motifs is 1. The van der Waals surface area contributed by atoms with Gasteiger partial charge in [-0.25, -0.2) is 9.78 Å². The molecule has 0 atom stereocenters. The Bertz CT molecular complexity index is 816. The monoisotopic (exact) mass is 383 g/mol. The summed E-state index contributed by atoms with van der Waals surface area (Å²) in [5.74, 6) is -0.819. The van der Waals surface area contributed by atoms with Gasteiger partial charge in [0.2, 0.25) is 5.82 Å². The first-order chi connectivity index (χ1) is 12.5. The minimum atomic E-state index is -4.50. The van der Waals surface area contributed by atoms with Gasteiger partial charge in [0.1, 0.15) is 5.60 Å². The maximum absolute atomic E-state index is 13.4. The molecule has 1 aliphatic rings. The lowest BCUT2D eigenvalue weighted by Gasteiger charge is -2.33. The average Bonchev–Trinajstić information content (AvgIpc) is 2.93. The molecular weight excluding hydrogens is 359 g/mol. The third-order valence-corrected chi connectivity index (χ3v) is 4.62. The van der Waals surface area contributed by atoms with Crippen LogP contribution in [0.3, 0.4) is 0 Å². The predicted octanol–water partition coefficient (Wildman–Crippen LogP) is 4.70. The van der Waals surface area contributed by atoms with E-state index in [1.807, 2.05) is 0 Å². The van der Waals surface area contributed by atoms with Gasteiger partial charge in [-0.2, -0.15) is 13.2 Å². The van der Waals surface area contributed by atoms with E-state index in [0.29, 0.717) is 37.0 Å². The van der Waals surface area contributed by atoms with Gasteiger partial charge in [0.25, 0.3) is 0 Å². The van der Waals surface area contributed by atoms with Gasteiger partial charge in [0, 0.05) is 19.6 Å². The number of benzene rings is 1. The van der Waals surface area contributed by atoms with Gasteiger partial charge in [-0.05, 0) is 51.7 Å². The van der Waals surface area contributed by atoms with Crippen molar-refractivity contribution in [3.05, 3.63) is 30.1 Å². The molecule has 5 nitrogen and oxygen atoms in total. The number of para-hydroxylation sites is 2. The summed E-state index contributed by atoms with van der Waals surface area (Å²) in [4.78, 5) is 17.5. The van der Waals surface area contributed by atoms with Crippen molar-refractivity contribution in [2.75, 3.05) is 13.1 Å². The fraction of sp³-hybridized carbons (Fsp3) is 0.579. The Hall–Kier alpha value is -2.25. The first-order valence-electron chi connectivity index (χ1n) is 9.05. The van der Waals surface area contributed by atoms with Crippen LogP contribution < -0.4 is 0 Å². The second kappa shape index (κ2) is 7.05. The summed E-state index contributed by atoms with van der Waals surface area (Å²) in [6, 6.07) is 6.64. The highest BCUT2D eigenvalue weighted by molar-refractivity contribution is 5.76. The van der Waals surface area contributed by atoms with E-state index in [-0.39, 0.29) is 18.6 Å². The molecule has 3 rings (SSSR count). The number of aromatic nitrogens is 2. The summed E-state index contributed by atoms with van der Waals surface area (Å²) in [6.07, 6.45) is -3.62. The average molecular weight is 383 g/mol. The molecule has 0 saturated carbocycles. The van der Waals surface area contributed by atoms with Crippen molar-refractivity contribution in [1.82, 2.24) is 14.5 Å². The quantitative estimate of drug-likeness (QED) is 0.755. The van der Waals surface area contributed by atoms with Gasteiger partial charge in [0.05, 0.1) is 11.0 Å². The minimum Gasteiger partial charge on any atom is -0.444 e. The molecule has 148 valence electrons. The van der Waals surface area contributed by atoms with Gasteiger partial charge >= 0.3 is 12.3 Å². The van der Waals surface area contributed by atoms with Gasteiger partial charge < -0.3 is 14.2 Å². The predicted molar refractivity (Wildman–Crippen MR) is 95.3 cm³/mol. The topological polar surface area (TPSA) is 47.4 Å². The molecule has 1 saturated heterocycles. The molecule has 2 aromatic rings. The normalized spacial score (nSPS) is 16.7. The number of hydrogen-bond donors (Lipinski definition) is 0. The van der Waals surface area contributed by atoms with Crippen LogP contribution in [0.5, 0.6) is 0 Å². The summed E-state index contributed by atoms with van der Waals surface area (Å²) in [5.41, 5.74) is 0.265. The zero-order chi connectivity index (χ0) is 19.8. The number of imidazole rings is 1. The number of alkyl halides is 3. The maximum Gasteiger partial charge on any atom is 0.449 e. The number of ether oxygens (including phenoxy) is 1. The maximum atomic E-state index is 13.4. The second-order valence-corrected chi connectivity index (χ2v) is 7.94. The number of likely N-dealkylation sites (tertiary alicyclic amines) is 1. The molecular formula is C19H24F3N3O2. The second-order valence-electron chi connectivity index (χ2n) is 7.94. The van der Waals surface area contributed by atoms with E-state index < -0.39 is 17.6 Å². The van der Waals surface area contributed by atoms with Crippen LogP contribution in [0, 0.1) is 5.92 Å². The number of halogens is 3. The minimum absolute atomic E-state index is 0.0439. The zero-order valence-corrected chi connectivity index (χ0v) is 15.7. The van der Waals surface area contributed by atoms with E-state index in [2.05, 4.69) is 4.98 Å². The van der Waals surface area contributed by atoms with Gasteiger partial charge in [0.15, 0.2) is 0 Å². The van der Waals surface area contributed by atoms with Crippen molar-refractivity contribution >= 4 is 17.1 Å². The SMILES string of the molecule is CC(C)(C)OC(=O)N1CCC(Cn2c(C(F)(F)F)nc3ccccc32)CC1. The lowest BCUT2D eigenvalue weighted by atomic mass is 9.97. The molecule has 27 heavy (non-hydrogen) atoms. The van der Waals surface area contributed by atoms with Crippen molar-refractivity contribution in [2.45, 2.75) is 51.9 Å². The molecule has 2 heterocycles. The number of hydrogen-bond acceptors (Lipinski definition) is 3.